The number of ether oxygens (including phenoxy) is 1. The Bertz CT molecular complexity index is 511. The lowest BCUT2D eigenvalue weighted by Crippen LogP contribution is -2.44. The number of nitrogens with one attached hydrogen (secondary N) is 1. The van der Waals surface area contributed by atoms with Crippen molar-refractivity contribution in [2.75, 3.05) is 0 Å². The molecule has 0 aromatic heterocycles. The molecule has 2 rings (SSSR count). The number of nitrogens with zero attached hydrogens (tertiary/aromatic N) is 1. The van der Waals surface area contributed by atoms with Crippen molar-refractivity contribution in [3.05, 3.63) is 35.4 Å². The van der Waals surface area contributed by atoms with Gasteiger partial charge in [0.15, 0.2) is 0 Å². The molecular formula is C17H24N2O. The topological polar surface area (TPSA) is 45.0 Å². The normalized spacial score (nSPS) is 25.1. The van der Waals surface area contributed by atoms with E-state index in [0.29, 0.717) is 11.6 Å². The molecule has 1 aliphatic rings. The van der Waals surface area contributed by atoms with E-state index in [9.17, 15) is 0 Å². The maximum Gasteiger partial charge on any atom is 0.0991 e. The largest absolute Gasteiger partial charge is 0.368 e. The second kappa shape index (κ2) is 5.20. The second-order valence-corrected chi connectivity index (χ2v) is 6.84. The van der Waals surface area contributed by atoms with Crippen LogP contribution < -0.4 is 5.32 Å². The summed E-state index contributed by atoms with van der Waals surface area (Å²) in [5.41, 5.74) is 1.66. The van der Waals surface area contributed by atoms with Gasteiger partial charge in [0.05, 0.1) is 22.8 Å². The Morgan fingerprint density at radius 3 is 2.30 bits per heavy atom. The van der Waals surface area contributed by atoms with Crippen LogP contribution in [0.4, 0.5) is 0 Å². The Balaban J connectivity index is 2.07. The van der Waals surface area contributed by atoms with Crippen LogP contribution in [0.3, 0.4) is 0 Å². The maximum absolute atomic E-state index is 8.84. The molecule has 0 saturated carbocycles. The fourth-order valence-electron chi connectivity index (χ4n) is 3.07. The van der Waals surface area contributed by atoms with Gasteiger partial charge in [-0.25, -0.2) is 0 Å². The van der Waals surface area contributed by atoms with Gasteiger partial charge in [0.1, 0.15) is 0 Å². The molecule has 0 bridgehead atoms. The minimum atomic E-state index is -0.162. The molecule has 108 valence electrons. The van der Waals surface area contributed by atoms with E-state index >= 15 is 0 Å². The highest BCUT2D eigenvalue weighted by atomic mass is 16.5. The summed E-state index contributed by atoms with van der Waals surface area (Å²) in [6.45, 7) is 10.7. The molecule has 0 amide bonds. The minimum absolute atomic E-state index is 0.0778. The van der Waals surface area contributed by atoms with Gasteiger partial charge in [0.2, 0.25) is 0 Å². The first-order valence-corrected chi connectivity index (χ1v) is 7.20. The molecular weight excluding hydrogens is 248 g/mol. The van der Waals surface area contributed by atoms with Gasteiger partial charge < -0.3 is 10.1 Å². The molecule has 1 heterocycles. The minimum Gasteiger partial charge on any atom is -0.368 e. The predicted octanol–water partition coefficient (Wildman–Crippen LogP) is 3.55. The molecule has 20 heavy (non-hydrogen) atoms. The third-order valence-corrected chi connectivity index (χ3v) is 4.07. The van der Waals surface area contributed by atoms with E-state index in [2.05, 4.69) is 46.0 Å². The van der Waals surface area contributed by atoms with Gasteiger partial charge in [-0.05, 0) is 58.7 Å². The molecule has 1 N–H and O–H groups in total. The van der Waals surface area contributed by atoms with Crippen molar-refractivity contribution in [3.63, 3.8) is 0 Å². The quantitative estimate of drug-likeness (QED) is 0.915. The van der Waals surface area contributed by atoms with Crippen LogP contribution in [-0.2, 0) is 4.74 Å². The van der Waals surface area contributed by atoms with Crippen LogP contribution in [0, 0.1) is 11.3 Å². The first-order valence-electron chi connectivity index (χ1n) is 7.20. The van der Waals surface area contributed by atoms with Crippen LogP contribution in [0.15, 0.2) is 24.3 Å². The van der Waals surface area contributed by atoms with E-state index in [0.717, 1.165) is 6.42 Å². The number of nitriles is 1. The van der Waals surface area contributed by atoms with Crippen molar-refractivity contribution < 1.29 is 4.74 Å². The lowest BCUT2D eigenvalue weighted by Gasteiger charge is -2.30. The third-order valence-electron chi connectivity index (χ3n) is 4.07. The van der Waals surface area contributed by atoms with Gasteiger partial charge in [0, 0.05) is 12.1 Å². The van der Waals surface area contributed by atoms with Gasteiger partial charge >= 0.3 is 0 Å². The summed E-state index contributed by atoms with van der Waals surface area (Å²) in [4.78, 5) is 0. The molecule has 1 aromatic rings. The number of hydrogen-bond donors (Lipinski definition) is 1. The average molecular weight is 272 g/mol. The van der Waals surface area contributed by atoms with Crippen LogP contribution in [-0.4, -0.2) is 17.2 Å². The van der Waals surface area contributed by atoms with Gasteiger partial charge in [0.25, 0.3) is 0 Å². The molecule has 2 atom stereocenters. The predicted molar refractivity (Wildman–Crippen MR) is 80.4 cm³/mol. The highest BCUT2D eigenvalue weighted by Crippen LogP contribution is 2.38. The molecule has 3 heteroatoms. The monoisotopic (exact) mass is 272 g/mol. The highest BCUT2D eigenvalue weighted by Gasteiger charge is 2.46. The highest BCUT2D eigenvalue weighted by molar-refractivity contribution is 5.32. The Labute approximate surface area is 121 Å². The summed E-state index contributed by atoms with van der Waals surface area (Å²) in [7, 11) is 0. The Kier molecular flexibility index (Phi) is 3.90. The van der Waals surface area contributed by atoms with Gasteiger partial charge in [-0.2, -0.15) is 5.26 Å². The number of benzene rings is 1. The van der Waals surface area contributed by atoms with Crippen LogP contribution in [0.25, 0.3) is 0 Å². The lowest BCUT2D eigenvalue weighted by molar-refractivity contribution is -0.0703. The third kappa shape index (κ3) is 3.20. The van der Waals surface area contributed by atoms with Crippen molar-refractivity contribution in [3.8, 4) is 6.07 Å². The van der Waals surface area contributed by atoms with E-state index in [1.807, 2.05) is 24.3 Å². The molecule has 1 aromatic carbocycles. The summed E-state index contributed by atoms with van der Waals surface area (Å²) in [5.74, 6) is 0. The van der Waals surface area contributed by atoms with Gasteiger partial charge in [-0.15, -0.1) is 0 Å². The van der Waals surface area contributed by atoms with Crippen LogP contribution in [0.5, 0.6) is 0 Å². The Morgan fingerprint density at radius 2 is 1.85 bits per heavy atom. The molecule has 0 aliphatic carbocycles. The Morgan fingerprint density at radius 1 is 1.25 bits per heavy atom. The fourth-order valence-corrected chi connectivity index (χ4v) is 3.07. The smallest absolute Gasteiger partial charge is 0.0991 e. The first kappa shape index (κ1) is 15.0. The van der Waals surface area contributed by atoms with Crippen LogP contribution in [0.2, 0.25) is 0 Å². The zero-order valence-electron chi connectivity index (χ0n) is 13.0. The van der Waals surface area contributed by atoms with E-state index in [1.165, 1.54) is 5.56 Å². The Hall–Kier alpha value is -1.37. The van der Waals surface area contributed by atoms with Crippen molar-refractivity contribution in [1.29, 1.82) is 5.26 Å². The van der Waals surface area contributed by atoms with Crippen molar-refractivity contribution in [2.45, 2.75) is 64.3 Å². The van der Waals surface area contributed by atoms with E-state index < -0.39 is 0 Å². The summed E-state index contributed by atoms with van der Waals surface area (Å²) < 4.78 is 6.12. The van der Waals surface area contributed by atoms with E-state index in [1.54, 1.807) is 0 Å². The fraction of sp³-hybridized carbons (Fsp3) is 0.588. The summed E-state index contributed by atoms with van der Waals surface area (Å²) in [6, 6.07) is 10.5. The molecule has 0 radical (unpaired) electrons. The SMILES string of the molecule is CC(NC1CC(C)(C)OC1(C)C)c1ccc(C#N)cc1. The maximum atomic E-state index is 8.84. The van der Waals surface area contributed by atoms with Crippen molar-refractivity contribution in [1.82, 2.24) is 5.32 Å². The van der Waals surface area contributed by atoms with Crippen LogP contribution in [0.1, 0.15) is 58.2 Å². The lowest BCUT2D eigenvalue weighted by atomic mass is 9.93. The van der Waals surface area contributed by atoms with Crippen LogP contribution >= 0.6 is 0 Å². The van der Waals surface area contributed by atoms with E-state index in [4.69, 9.17) is 10.00 Å². The first-order chi connectivity index (χ1) is 9.23. The number of rotatable bonds is 3. The van der Waals surface area contributed by atoms with Crippen molar-refractivity contribution in [2.24, 2.45) is 0 Å². The van der Waals surface area contributed by atoms with Gasteiger partial charge in [-0.1, -0.05) is 12.1 Å². The second-order valence-electron chi connectivity index (χ2n) is 6.84. The van der Waals surface area contributed by atoms with Gasteiger partial charge in [-0.3, -0.25) is 0 Å². The standard InChI is InChI=1S/C17H24N2O/c1-12(14-8-6-13(11-18)7-9-14)19-15-10-16(2,3)20-17(15,4)5/h6-9,12,15,19H,10H2,1-5H3. The zero-order valence-corrected chi connectivity index (χ0v) is 13.0. The van der Waals surface area contributed by atoms with E-state index in [-0.39, 0.29) is 17.2 Å². The zero-order chi connectivity index (χ0) is 15.0. The molecule has 3 nitrogen and oxygen atoms in total. The summed E-state index contributed by atoms with van der Waals surface area (Å²) in [5, 5.41) is 12.5. The molecule has 1 aliphatic heterocycles. The molecule has 2 unspecified atom stereocenters. The average Bonchev–Trinajstić information content (AvgIpc) is 2.57. The van der Waals surface area contributed by atoms with Crippen molar-refractivity contribution >= 4 is 0 Å². The molecule has 0 spiro atoms. The summed E-state index contributed by atoms with van der Waals surface area (Å²) >= 11 is 0. The molecule has 1 fully saturated rings. The molecule has 1 saturated heterocycles. The number of hydrogen-bond acceptors (Lipinski definition) is 3. The summed E-state index contributed by atoms with van der Waals surface area (Å²) in [6.07, 6.45) is 1.00.